The monoisotopic (exact) mass is 380 g/mol. The Bertz CT molecular complexity index is 1020. The van der Waals surface area contributed by atoms with Gasteiger partial charge in [-0.1, -0.05) is 6.42 Å². The number of carbonyl (C=O) groups is 1. The van der Waals surface area contributed by atoms with Gasteiger partial charge in [-0.25, -0.2) is 9.97 Å². The number of amides is 1. The second kappa shape index (κ2) is 7.39. The fourth-order valence-corrected chi connectivity index (χ4v) is 4.45. The molecular weight excluding hydrogens is 352 g/mol. The van der Waals surface area contributed by atoms with Gasteiger partial charge >= 0.3 is 0 Å². The minimum Gasteiger partial charge on any atom is -0.354 e. The Morgan fingerprint density at radius 3 is 2.89 bits per heavy atom. The van der Waals surface area contributed by atoms with Crippen molar-refractivity contribution in [3.63, 3.8) is 0 Å². The minimum absolute atomic E-state index is 0.0463. The molecule has 4 rings (SSSR count). The predicted octanol–water partition coefficient (Wildman–Crippen LogP) is 2.77. The van der Waals surface area contributed by atoms with E-state index in [1.54, 1.807) is 7.05 Å². The number of rotatable bonds is 4. The lowest BCUT2D eigenvalue weighted by Gasteiger charge is -2.36. The molecule has 0 bridgehead atoms. The van der Waals surface area contributed by atoms with Crippen molar-refractivity contribution in [3.05, 3.63) is 52.9 Å². The number of aryl methyl sites for hydroxylation is 2. The quantitative estimate of drug-likeness (QED) is 0.756. The molecule has 148 valence electrons. The molecule has 1 amide bonds. The fourth-order valence-electron chi connectivity index (χ4n) is 4.45. The first kappa shape index (κ1) is 18.7. The lowest BCUT2D eigenvalue weighted by molar-refractivity contribution is 0.0952. The van der Waals surface area contributed by atoms with Crippen molar-refractivity contribution in [1.29, 1.82) is 0 Å². The van der Waals surface area contributed by atoms with E-state index in [2.05, 4.69) is 43.6 Å². The third kappa shape index (κ3) is 3.20. The molecule has 7 heteroatoms. The summed E-state index contributed by atoms with van der Waals surface area (Å²) in [6, 6.07) is 6.41. The number of hydrogen-bond donors (Lipinski definition) is 1. The van der Waals surface area contributed by atoms with Crippen molar-refractivity contribution >= 4 is 11.7 Å². The SMILES string of the molecule is CNC(=O)c1ccc([C@@H]2CCCCN2Cc2cnc3nc(C)cc(C)n23)n1C. The van der Waals surface area contributed by atoms with Gasteiger partial charge in [-0.05, 0) is 51.4 Å². The van der Waals surface area contributed by atoms with Gasteiger partial charge in [-0.3, -0.25) is 14.1 Å². The summed E-state index contributed by atoms with van der Waals surface area (Å²) in [5, 5.41) is 2.72. The molecule has 1 aliphatic rings. The van der Waals surface area contributed by atoms with E-state index < -0.39 is 0 Å². The number of aromatic nitrogens is 4. The number of piperidine rings is 1. The van der Waals surface area contributed by atoms with Crippen molar-refractivity contribution in [2.24, 2.45) is 7.05 Å². The number of likely N-dealkylation sites (tertiary alicyclic amines) is 1. The molecule has 1 atom stereocenters. The maximum atomic E-state index is 12.1. The summed E-state index contributed by atoms with van der Waals surface area (Å²) in [5.41, 5.74) is 5.20. The van der Waals surface area contributed by atoms with E-state index in [0.29, 0.717) is 11.7 Å². The summed E-state index contributed by atoms with van der Waals surface area (Å²) < 4.78 is 4.19. The van der Waals surface area contributed by atoms with Gasteiger partial charge in [0.2, 0.25) is 5.78 Å². The van der Waals surface area contributed by atoms with E-state index in [-0.39, 0.29) is 5.91 Å². The van der Waals surface area contributed by atoms with E-state index in [1.165, 1.54) is 18.5 Å². The van der Waals surface area contributed by atoms with Gasteiger partial charge in [-0.2, -0.15) is 0 Å². The van der Waals surface area contributed by atoms with Crippen molar-refractivity contribution in [1.82, 2.24) is 29.2 Å². The van der Waals surface area contributed by atoms with E-state index in [4.69, 9.17) is 0 Å². The number of carbonyl (C=O) groups excluding carboxylic acids is 1. The molecule has 1 aliphatic heterocycles. The number of fused-ring (bicyclic) bond motifs is 1. The molecule has 0 radical (unpaired) electrons. The van der Waals surface area contributed by atoms with Crippen molar-refractivity contribution in [3.8, 4) is 0 Å². The first-order valence-electron chi connectivity index (χ1n) is 9.92. The molecular formula is C21H28N6O. The highest BCUT2D eigenvalue weighted by atomic mass is 16.1. The van der Waals surface area contributed by atoms with Crippen LogP contribution in [0.3, 0.4) is 0 Å². The van der Waals surface area contributed by atoms with Crippen LogP contribution in [0.5, 0.6) is 0 Å². The normalized spacial score (nSPS) is 17.9. The van der Waals surface area contributed by atoms with Crippen LogP contribution in [0.4, 0.5) is 0 Å². The zero-order valence-electron chi connectivity index (χ0n) is 17.1. The Hall–Kier alpha value is -2.67. The van der Waals surface area contributed by atoms with Gasteiger partial charge in [0.05, 0.1) is 17.9 Å². The summed E-state index contributed by atoms with van der Waals surface area (Å²) in [4.78, 5) is 23.7. The van der Waals surface area contributed by atoms with Crippen LogP contribution in [0.15, 0.2) is 24.4 Å². The van der Waals surface area contributed by atoms with E-state index in [1.807, 2.05) is 30.8 Å². The average Bonchev–Trinajstić information content (AvgIpc) is 3.25. The van der Waals surface area contributed by atoms with Crippen LogP contribution in [0.1, 0.15) is 58.6 Å². The van der Waals surface area contributed by atoms with Gasteiger partial charge in [0.25, 0.3) is 5.91 Å². The highest BCUT2D eigenvalue weighted by Crippen LogP contribution is 2.33. The van der Waals surface area contributed by atoms with Crippen molar-refractivity contribution in [2.45, 2.75) is 45.7 Å². The van der Waals surface area contributed by atoms with Crippen LogP contribution in [-0.2, 0) is 13.6 Å². The molecule has 0 spiro atoms. The fraction of sp³-hybridized carbons (Fsp3) is 0.476. The summed E-state index contributed by atoms with van der Waals surface area (Å²) in [7, 11) is 3.66. The summed E-state index contributed by atoms with van der Waals surface area (Å²) >= 11 is 0. The van der Waals surface area contributed by atoms with Crippen LogP contribution in [0, 0.1) is 13.8 Å². The second-order valence-corrected chi connectivity index (χ2v) is 7.69. The number of nitrogens with zero attached hydrogens (tertiary/aromatic N) is 5. The number of imidazole rings is 1. The highest BCUT2D eigenvalue weighted by Gasteiger charge is 2.28. The van der Waals surface area contributed by atoms with Gasteiger partial charge < -0.3 is 9.88 Å². The molecule has 7 nitrogen and oxygen atoms in total. The molecule has 0 unspecified atom stereocenters. The second-order valence-electron chi connectivity index (χ2n) is 7.69. The van der Waals surface area contributed by atoms with Gasteiger partial charge in [-0.15, -0.1) is 0 Å². The lowest BCUT2D eigenvalue weighted by atomic mass is 9.99. The first-order chi connectivity index (χ1) is 13.5. The standard InChI is InChI=1S/C21H28N6O/c1-14-11-15(2)27-16(12-23-21(27)24-14)13-26-10-6-5-7-18(26)17-8-9-19(25(17)4)20(28)22-3/h8-9,11-12,18H,5-7,10,13H2,1-4H3,(H,22,28)/t18-/m0/s1. The Morgan fingerprint density at radius 1 is 1.29 bits per heavy atom. The van der Waals surface area contributed by atoms with Crippen LogP contribution < -0.4 is 5.32 Å². The van der Waals surface area contributed by atoms with Gasteiger partial charge in [0.15, 0.2) is 0 Å². The summed E-state index contributed by atoms with van der Waals surface area (Å²) in [6.07, 6.45) is 5.43. The molecule has 0 aliphatic carbocycles. The van der Waals surface area contributed by atoms with Crippen molar-refractivity contribution < 1.29 is 4.79 Å². The molecule has 1 saturated heterocycles. The van der Waals surface area contributed by atoms with Gasteiger partial charge in [0.1, 0.15) is 5.69 Å². The van der Waals surface area contributed by atoms with Crippen LogP contribution in [0.25, 0.3) is 5.78 Å². The summed E-state index contributed by atoms with van der Waals surface area (Å²) in [6.45, 7) is 5.96. The van der Waals surface area contributed by atoms with E-state index in [9.17, 15) is 4.79 Å². The van der Waals surface area contributed by atoms with Crippen molar-refractivity contribution in [2.75, 3.05) is 13.6 Å². The van der Waals surface area contributed by atoms with Gasteiger partial charge in [0, 0.05) is 37.7 Å². The smallest absolute Gasteiger partial charge is 0.267 e. The maximum Gasteiger partial charge on any atom is 0.267 e. The Kier molecular flexibility index (Phi) is 4.93. The van der Waals surface area contributed by atoms with Crippen LogP contribution in [-0.4, -0.2) is 43.3 Å². The number of hydrogen-bond acceptors (Lipinski definition) is 4. The van der Waals surface area contributed by atoms with E-state index in [0.717, 1.165) is 42.4 Å². The van der Waals surface area contributed by atoms with Crippen LogP contribution >= 0.6 is 0 Å². The first-order valence-corrected chi connectivity index (χ1v) is 9.92. The molecule has 3 aromatic rings. The molecule has 0 aromatic carbocycles. The minimum atomic E-state index is -0.0463. The zero-order chi connectivity index (χ0) is 19.8. The lowest BCUT2D eigenvalue weighted by Crippen LogP contribution is -2.34. The zero-order valence-corrected chi connectivity index (χ0v) is 17.1. The van der Waals surface area contributed by atoms with E-state index >= 15 is 0 Å². The third-order valence-corrected chi connectivity index (χ3v) is 5.80. The topological polar surface area (TPSA) is 67.5 Å². The summed E-state index contributed by atoms with van der Waals surface area (Å²) in [5.74, 6) is 0.719. The Labute approximate surface area is 165 Å². The Balaban J connectivity index is 1.66. The molecule has 28 heavy (non-hydrogen) atoms. The largest absolute Gasteiger partial charge is 0.354 e. The highest BCUT2D eigenvalue weighted by molar-refractivity contribution is 5.92. The number of nitrogens with one attached hydrogen (secondary N) is 1. The molecule has 0 saturated carbocycles. The molecule has 4 heterocycles. The average molecular weight is 380 g/mol. The maximum absolute atomic E-state index is 12.1. The Morgan fingerprint density at radius 2 is 2.11 bits per heavy atom. The molecule has 1 N–H and O–H groups in total. The van der Waals surface area contributed by atoms with Crippen LogP contribution in [0.2, 0.25) is 0 Å². The predicted molar refractivity (Wildman–Crippen MR) is 108 cm³/mol. The molecule has 1 fully saturated rings. The molecule has 3 aromatic heterocycles. The third-order valence-electron chi connectivity index (χ3n) is 5.80.